The summed E-state index contributed by atoms with van der Waals surface area (Å²) < 4.78 is 0. The Morgan fingerprint density at radius 3 is 2.33 bits per heavy atom. The molecule has 4 nitrogen and oxygen atoms in total. The average Bonchev–Trinajstić information content (AvgIpc) is 2.89. The Kier molecular flexibility index (Phi) is 4.95. The minimum absolute atomic E-state index is 0.0565. The van der Waals surface area contributed by atoms with Crippen LogP contribution in [-0.4, -0.2) is 34.3 Å². The summed E-state index contributed by atoms with van der Waals surface area (Å²) in [6.07, 6.45) is 6.64. The number of rotatable bonds is 5. The van der Waals surface area contributed by atoms with E-state index in [-0.39, 0.29) is 29.8 Å². The van der Waals surface area contributed by atoms with E-state index in [9.17, 15) is 9.59 Å². The molecule has 120 valence electrons. The predicted octanol–water partition coefficient (Wildman–Crippen LogP) is 2.86. The quantitative estimate of drug-likeness (QED) is 0.847. The molecule has 0 bridgehead atoms. The topological polar surface area (TPSA) is 49.4 Å². The zero-order valence-corrected chi connectivity index (χ0v) is 13.9. The summed E-state index contributed by atoms with van der Waals surface area (Å²) in [5.41, 5.74) is -0.594. The van der Waals surface area contributed by atoms with Crippen LogP contribution in [0.5, 0.6) is 0 Å². The van der Waals surface area contributed by atoms with Gasteiger partial charge in [0.05, 0.1) is 0 Å². The van der Waals surface area contributed by atoms with Gasteiger partial charge in [-0.15, -0.1) is 0 Å². The number of nitrogens with one attached hydrogen (secondary N) is 1. The Hall–Kier alpha value is -1.06. The molecule has 4 heteroatoms. The van der Waals surface area contributed by atoms with Crippen LogP contribution in [0.4, 0.5) is 0 Å². The highest BCUT2D eigenvalue weighted by Gasteiger charge is 2.53. The Morgan fingerprint density at radius 1 is 1.24 bits per heavy atom. The molecule has 2 unspecified atom stereocenters. The van der Waals surface area contributed by atoms with Gasteiger partial charge >= 0.3 is 0 Å². The van der Waals surface area contributed by atoms with Crippen LogP contribution in [-0.2, 0) is 9.59 Å². The Balaban J connectivity index is 2.36. The van der Waals surface area contributed by atoms with Crippen molar-refractivity contribution in [1.29, 1.82) is 0 Å². The van der Waals surface area contributed by atoms with E-state index in [0.717, 1.165) is 44.9 Å². The van der Waals surface area contributed by atoms with Gasteiger partial charge in [0.25, 0.3) is 0 Å². The van der Waals surface area contributed by atoms with E-state index in [1.807, 2.05) is 18.7 Å². The SMILES string of the molecule is CCCC(CC)N1C(=O)C2(CCCC2)NC(=O)C1C(C)C. The van der Waals surface area contributed by atoms with Gasteiger partial charge in [0.2, 0.25) is 11.8 Å². The smallest absolute Gasteiger partial charge is 0.249 e. The Labute approximate surface area is 128 Å². The second-order valence-corrected chi connectivity index (χ2v) is 7.03. The molecule has 1 N–H and O–H groups in total. The van der Waals surface area contributed by atoms with E-state index in [0.29, 0.717) is 0 Å². The molecule has 1 saturated heterocycles. The van der Waals surface area contributed by atoms with Gasteiger partial charge in [-0.25, -0.2) is 0 Å². The largest absolute Gasteiger partial charge is 0.340 e. The zero-order chi connectivity index (χ0) is 15.6. The van der Waals surface area contributed by atoms with Crippen LogP contribution in [0.2, 0.25) is 0 Å². The monoisotopic (exact) mass is 294 g/mol. The molecule has 0 aromatic carbocycles. The second kappa shape index (κ2) is 6.37. The molecule has 1 aliphatic heterocycles. The molecular formula is C17H30N2O2. The first-order valence-electron chi connectivity index (χ1n) is 8.61. The summed E-state index contributed by atoms with van der Waals surface area (Å²) in [7, 11) is 0. The molecule has 2 amide bonds. The van der Waals surface area contributed by atoms with Crippen molar-refractivity contribution in [2.45, 2.75) is 90.3 Å². The maximum Gasteiger partial charge on any atom is 0.249 e. The summed E-state index contributed by atoms with van der Waals surface area (Å²) in [5.74, 6) is 0.387. The van der Waals surface area contributed by atoms with Crippen LogP contribution in [0.15, 0.2) is 0 Å². The number of nitrogens with zero attached hydrogens (tertiary/aromatic N) is 1. The highest BCUT2D eigenvalue weighted by Crippen LogP contribution is 2.37. The molecule has 2 atom stereocenters. The van der Waals surface area contributed by atoms with Crippen LogP contribution in [0.25, 0.3) is 0 Å². The van der Waals surface area contributed by atoms with Gasteiger partial charge in [0, 0.05) is 6.04 Å². The molecular weight excluding hydrogens is 264 g/mol. The van der Waals surface area contributed by atoms with Gasteiger partial charge < -0.3 is 10.2 Å². The first kappa shape index (κ1) is 16.3. The second-order valence-electron chi connectivity index (χ2n) is 7.03. The molecule has 21 heavy (non-hydrogen) atoms. The lowest BCUT2D eigenvalue weighted by Crippen LogP contribution is -2.72. The van der Waals surface area contributed by atoms with Gasteiger partial charge in [-0.05, 0) is 31.6 Å². The van der Waals surface area contributed by atoms with Gasteiger partial charge in [-0.3, -0.25) is 9.59 Å². The maximum atomic E-state index is 13.2. The van der Waals surface area contributed by atoms with Crippen molar-refractivity contribution in [2.75, 3.05) is 0 Å². The van der Waals surface area contributed by atoms with Crippen LogP contribution in [0, 0.1) is 5.92 Å². The Morgan fingerprint density at radius 2 is 1.86 bits per heavy atom. The van der Waals surface area contributed by atoms with E-state index < -0.39 is 5.54 Å². The fourth-order valence-corrected chi connectivity index (χ4v) is 4.07. The summed E-state index contributed by atoms with van der Waals surface area (Å²) in [6, 6.07) is -0.112. The molecule has 0 aromatic rings. The van der Waals surface area contributed by atoms with Crippen molar-refractivity contribution in [2.24, 2.45) is 5.92 Å². The van der Waals surface area contributed by atoms with Crippen LogP contribution >= 0.6 is 0 Å². The summed E-state index contributed by atoms with van der Waals surface area (Å²) >= 11 is 0. The van der Waals surface area contributed by atoms with Gasteiger partial charge in [0.15, 0.2) is 0 Å². The number of carbonyl (C=O) groups is 2. The maximum absolute atomic E-state index is 13.2. The molecule has 1 heterocycles. The molecule has 0 aromatic heterocycles. The van der Waals surface area contributed by atoms with E-state index in [1.54, 1.807) is 0 Å². The summed E-state index contributed by atoms with van der Waals surface area (Å²) in [5, 5.41) is 3.09. The highest BCUT2D eigenvalue weighted by atomic mass is 16.2. The molecule has 0 radical (unpaired) electrons. The first-order chi connectivity index (χ1) is 9.96. The molecule has 2 fully saturated rings. The minimum Gasteiger partial charge on any atom is -0.340 e. The minimum atomic E-state index is -0.594. The average molecular weight is 294 g/mol. The molecule has 1 saturated carbocycles. The zero-order valence-electron chi connectivity index (χ0n) is 13.9. The lowest BCUT2D eigenvalue weighted by atomic mass is 9.85. The number of hydrogen-bond donors (Lipinski definition) is 1. The molecule has 2 rings (SSSR count). The van der Waals surface area contributed by atoms with E-state index in [4.69, 9.17) is 0 Å². The normalized spacial score (nSPS) is 26.5. The standard InChI is InChI=1S/C17H30N2O2/c1-5-9-13(6-2)19-14(12(3)4)15(20)18-17(16(19)21)10-7-8-11-17/h12-14H,5-11H2,1-4H3,(H,18,20). The van der Waals surface area contributed by atoms with E-state index in [2.05, 4.69) is 19.2 Å². The van der Waals surface area contributed by atoms with E-state index in [1.165, 1.54) is 0 Å². The van der Waals surface area contributed by atoms with Crippen LogP contribution in [0.1, 0.15) is 72.6 Å². The van der Waals surface area contributed by atoms with Crippen molar-refractivity contribution in [1.82, 2.24) is 10.2 Å². The fourth-order valence-electron chi connectivity index (χ4n) is 4.07. The van der Waals surface area contributed by atoms with E-state index >= 15 is 0 Å². The number of hydrogen-bond acceptors (Lipinski definition) is 2. The summed E-state index contributed by atoms with van der Waals surface area (Å²) in [4.78, 5) is 27.8. The number of amides is 2. The number of carbonyl (C=O) groups excluding carboxylic acids is 2. The third kappa shape index (κ3) is 2.82. The van der Waals surface area contributed by atoms with Crippen molar-refractivity contribution in [3.8, 4) is 0 Å². The molecule has 1 aliphatic carbocycles. The summed E-state index contributed by atoms with van der Waals surface area (Å²) in [6.45, 7) is 8.34. The fraction of sp³-hybridized carbons (Fsp3) is 0.882. The molecule has 2 aliphatic rings. The van der Waals surface area contributed by atoms with Crippen molar-refractivity contribution < 1.29 is 9.59 Å². The molecule has 1 spiro atoms. The Bertz CT molecular complexity index is 400. The van der Waals surface area contributed by atoms with Crippen LogP contribution < -0.4 is 5.32 Å². The van der Waals surface area contributed by atoms with Crippen LogP contribution in [0.3, 0.4) is 0 Å². The first-order valence-corrected chi connectivity index (χ1v) is 8.61. The van der Waals surface area contributed by atoms with Crippen molar-refractivity contribution in [3.63, 3.8) is 0 Å². The highest BCUT2D eigenvalue weighted by molar-refractivity contribution is 6.00. The lowest BCUT2D eigenvalue weighted by molar-refractivity contribution is -0.160. The predicted molar refractivity (Wildman–Crippen MR) is 83.8 cm³/mol. The lowest BCUT2D eigenvalue weighted by Gasteiger charge is -2.49. The van der Waals surface area contributed by atoms with Crippen molar-refractivity contribution in [3.05, 3.63) is 0 Å². The van der Waals surface area contributed by atoms with Crippen molar-refractivity contribution >= 4 is 11.8 Å². The van der Waals surface area contributed by atoms with Gasteiger partial charge in [-0.2, -0.15) is 0 Å². The third-order valence-corrected chi connectivity index (χ3v) is 5.15. The third-order valence-electron chi connectivity index (χ3n) is 5.15. The van der Waals surface area contributed by atoms with Gasteiger partial charge in [-0.1, -0.05) is 47.0 Å². The van der Waals surface area contributed by atoms with Gasteiger partial charge in [0.1, 0.15) is 11.6 Å². The number of piperazine rings is 1.